The van der Waals surface area contributed by atoms with E-state index in [0.717, 1.165) is 24.3 Å². The molecule has 1 N–H and O–H groups in total. The largest absolute Gasteiger partial charge is 0.497 e. The first-order valence-electron chi connectivity index (χ1n) is 6.96. The highest BCUT2D eigenvalue weighted by Gasteiger charge is 2.29. The number of methoxy groups -OCH3 is 1. The number of aryl methyl sites for hydroxylation is 1. The number of hydrogen-bond acceptors (Lipinski definition) is 4. The van der Waals surface area contributed by atoms with Crippen LogP contribution in [0.15, 0.2) is 24.3 Å². The summed E-state index contributed by atoms with van der Waals surface area (Å²) in [4.78, 5) is 15.7. The molecule has 1 aliphatic rings. The second kappa shape index (κ2) is 5.55. The summed E-state index contributed by atoms with van der Waals surface area (Å²) < 4.78 is 6.93. The predicted octanol–water partition coefficient (Wildman–Crippen LogP) is 1.84. The summed E-state index contributed by atoms with van der Waals surface area (Å²) in [5.41, 5.74) is 1.05. The summed E-state index contributed by atoms with van der Waals surface area (Å²) in [6.45, 7) is 0.740. The van der Waals surface area contributed by atoms with Crippen molar-refractivity contribution in [3.63, 3.8) is 0 Å². The number of ether oxygens (including phenoxy) is 1. The third-order valence-corrected chi connectivity index (χ3v) is 3.71. The van der Waals surface area contributed by atoms with Crippen LogP contribution >= 0.6 is 0 Å². The zero-order valence-electron chi connectivity index (χ0n) is 11.8. The fourth-order valence-corrected chi connectivity index (χ4v) is 2.67. The van der Waals surface area contributed by atoms with Gasteiger partial charge in [-0.15, -0.1) is 0 Å². The number of benzene rings is 1. The van der Waals surface area contributed by atoms with Gasteiger partial charge in [-0.3, -0.25) is 4.79 Å². The maximum atomic E-state index is 11.3. The summed E-state index contributed by atoms with van der Waals surface area (Å²) in [6.07, 6.45) is 2.03. The lowest BCUT2D eigenvalue weighted by atomic mass is 10.00. The number of fused-ring (bicyclic) bond motifs is 1. The second-order valence-corrected chi connectivity index (χ2v) is 5.17. The fraction of sp³-hybridized carbons (Fsp3) is 0.400. The van der Waals surface area contributed by atoms with E-state index in [1.165, 1.54) is 0 Å². The molecule has 3 rings (SSSR count). The molecule has 0 saturated carbocycles. The van der Waals surface area contributed by atoms with Crippen molar-refractivity contribution in [2.75, 3.05) is 7.11 Å². The topological polar surface area (TPSA) is 77.2 Å². The molecule has 0 bridgehead atoms. The molecule has 2 heterocycles. The van der Waals surface area contributed by atoms with Crippen LogP contribution in [0.25, 0.3) is 0 Å². The Balaban J connectivity index is 1.85. The van der Waals surface area contributed by atoms with Gasteiger partial charge in [0, 0.05) is 13.0 Å². The molecule has 1 aliphatic heterocycles. The van der Waals surface area contributed by atoms with Crippen molar-refractivity contribution in [3.8, 4) is 5.75 Å². The molecule has 21 heavy (non-hydrogen) atoms. The highest BCUT2D eigenvalue weighted by atomic mass is 16.5. The summed E-state index contributed by atoms with van der Waals surface area (Å²) in [5.74, 6) is 0.666. The molecule has 0 amide bonds. The van der Waals surface area contributed by atoms with Gasteiger partial charge in [0.05, 0.1) is 7.11 Å². The Kier molecular flexibility index (Phi) is 3.60. The average molecular weight is 287 g/mol. The van der Waals surface area contributed by atoms with Gasteiger partial charge in [-0.1, -0.05) is 12.1 Å². The summed E-state index contributed by atoms with van der Waals surface area (Å²) in [5, 5.41) is 13.7. The lowest BCUT2D eigenvalue weighted by molar-refractivity contribution is -0.139. The molecule has 1 atom stereocenters. The van der Waals surface area contributed by atoms with Gasteiger partial charge >= 0.3 is 5.97 Å². The molecular formula is C15H17N3O3. The van der Waals surface area contributed by atoms with Crippen LogP contribution in [0, 0.1) is 0 Å². The average Bonchev–Trinajstić information content (AvgIpc) is 2.89. The van der Waals surface area contributed by atoms with Crippen LogP contribution in [0.5, 0.6) is 5.75 Å². The van der Waals surface area contributed by atoms with E-state index in [1.807, 2.05) is 24.3 Å². The molecule has 1 aromatic heterocycles. The number of carboxylic acids is 1. The zero-order chi connectivity index (χ0) is 14.8. The van der Waals surface area contributed by atoms with Crippen molar-refractivity contribution >= 4 is 5.97 Å². The lowest BCUT2D eigenvalue weighted by Gasteiger charge is -2.17. The maximum absolute atomic E-state index is 11.3. The van der Waals surface area contributed by atoms with E-state index in [1.54, 1.807) is 11.8 Å². The Bertz CT molecular complexity index is 666. The second-order valence-electron chi connectivity index (χ2n) is 5.17. The first-order valence-corrected chi connectivity index (χ1v) is 6.96. The van der Waals surface area contributed by atoms with Crippen LogP contribution in [-0.2, 0) is 17.8 Å². The van der Waals surface area contributed by atoms with Gasteiger partial charge in [-0.25, -0.2) is 9.67 Å². The third kappa shape index (κ3) is 2.74. The van der Waals surface area contributed by atoms with Crippen molar-refractivity contribution in [1.82, 2.24) is 14.8 Å². The van der Waals surface area contributed by atoms with Crippen LogP contribution in [0.4, 0.5) is 0 Å². The number of nitrogens with zero attached hydrogens (tertiary/aromatic N) is 3. The van der Waals surface area contributed by atoms with Crippen molar-refractivity contribution in [3.05, 3.63) is 41.5 Å². The van der Waals surface area contributed by atoms with Gasteiger partial charge < -0.3 is 9.84 Å². The maximum Gasteiger partial charge on any atom is 0.314 e. The molecule has 0 saturated heterocycles. The normalized spacial score (nSPS) is 17.3. The number of aliphatic carboxylic acids is 1. The molecule has 2 aromatic rings. The van der Waals surface area contributed by atoms with Crippen LogP contribution in [-0.4, -0.2) is 33.0 Å². The van der Waals surface area contributed by atoms with Crippen molar-refractivity contribution < 1.29 is 14.6 Å². The minimum atomic E-state index is -0.823. The SMILES string of the molecule is COc1cccc(Cc2nc3n(n2)CCCC3C(=O)O)c1. The van der Waals surface area contributed by atoms with E-state index in [0.29, 0.717) is 24.5 Å². The zero-order valence-corrected chi connectivity index (χ0v) is 11.8. The Morgan fingerprint density at radius 3 is 3.14 bits per heavy atom. The van der Waals surface area contributed by atoms with E-state index in [4.69, 9.17) is 4.74 Å². The van der Waals surface area contributed by atoms with Crippen molar-refractivity contribution in [2.24, 2.45) is 0 Å². The van der Waals surface area contributed by atoms with Gasteiger partial charge in [0.15, 0.2) is 5.82 Å². The smallest absolute Gasteiger partial charge is 0.314 e. The highest BCUT2D eigenvalue weighted by Crippen LogP contribution is 2.26. The summed E-state index contributed by atoms with van der Waals surface area (Å²) in [7, 11) is 1.63. The quantitative estimate of drug-likeness (QED) is 0.928. The molecule has 6 nitrogen and oxygen atoms in total. The monoisotopic (exact) mass is 287 g/mol. The summed E-state index contributed by atoms with van der Waals surface area (Å²) in [6, 6.07) is 7.73. The molecule has 1 aromatic carbocycles. The van der Waals surface area contributed by atoms with E-state index in [9.17, 15) is 9.90 Å². The van der Waals surface area contributed by atoms with Crippen LogP contribution in [0.2, 0.25) is 0 Å². The number of hydrogen-bond donors (Lipinski definition) is 1. The molecule has 0 radical (unpaired) electrons. The number of carbonyl (C=O) groups is 1. The van der Waals surface area contributed by atoms with Crippen molar-refractivity contribution in [1.29, 1.82) is 0 Å². The van der Waals surface area contributed by atoms with Crippen LogP contribution in [0.1, 0.15) is 36.0 Å². The van der Waals surface area contributed by atoms with E-state index in [-0.39, 0.29) is 0 Å². The molecule has 110 valence electrons. The van der Waals surface area contributed by atoms with Crippen LogP contribution < -0.4 is 4.74 Å². The first kappa shape index (κ1) is 13.6. The highest BCUT2D eigenvalue weighted by molar-refractivity contribution is 5.75. The third-order valence-electron chi connectivity index (χ3n) is 3.71. The van der Waals surface area contributed by atoms with E-state index in [2.05, 4.69) is 10.1 Å². The Hall–Kier alpha value is -2.37. The first-order chi connectivity index (χ1) is 10.2. The number of carboxylic acid groups (broad SMARTS) is 1. The number of rotatable bonds is 4. The lowest BCUT2D eigenvalue weighted by Crippen LogP contribution is -2.22. The molecular weight excluding hydrogens is 270 g/mol. The standard InChI is InChI=1S/C15H17N3O3/c1-21-11-5-2-4-10(8-11)9-13-16-14-12(15(19)20)6-3-7-18(14)17-13/h2,4-5,8,12H,3,6-7,9H2,1H3,(H,19,20). The molecule has 0 aliphatic carbocycles. The predicted molar refractivity (Wildman–Crippen MR) is 75.4 cm³/mol. The van der Waals surface area contributed by atoms with Gasteiger partial charge in [-0.05, 0) is 30.5 Å². The van der Waals surface area contributed by atoms with Gasteiger partial charge in [0.1, 0.15) is 17.5 Å². The molecule has 0 spiro atoms. The Labute approximate surface area is 122 Å². The molecule has 0 fully saturated rings. The van der Waals surface area contributed by atoms with E-state index >= 15 is 0 Å². The van der Waals surface area contributed by atoms with Gasteiger partial charge in [0.2, 0.25) is 0 Å². The number of aromatic nitrogens is 3. The van der Waals surface area contributed by atoms with Crippen LogP contribution in [0.3, 0.4) is 0 Å². The summed E-state index contributed by atoms with van der Waals surface area (Å²) >= 11 is 0. The molecule has 6 heteroatoms. The Morgan fingerprint density at radius 2 is 2.38 bits per heavy atom. The Morgan fingerprint density at radius 1 is 1.52 bits per heavy atom. The minimum absolute atomic E-state index is 0.537. The van der Waals surface area contributed by atoms with E-state index < -0.39 is 11.9 Å². The fourth-order valence-electron chi connectivity index (χ4n) is 2.67. The van der Waals surface area contributed by atoms with Gasteiger partial charge in [0.25, 0.3) is 0 Å². The van der Waals surface area contributed by atoms with Crippen molar-refractivity contribution in [2.45, 2.75) is 31.7 Å². The van der Waals surface area contributed by atoms with Gasteiger partial charge in [-0.2, -0.15) is 5.10 Å². The molecule has 1 unspecified atom stereocenters. The minimum Gasteiger partial charge on any atom is -0.497 e.